The molecule has 0 fully saturated rings. The molecular formula is C19H15F3N4O. The van der Waals surface area contributed by atoms with E-state index < -0.39 is 18.3 Å². The Labute approximate surface area is 151 Å². The number of pyridine rings is 1. The van der Waals surface area contributed by atoms with Gasteiger partial charge in [0.05, 0.1) is 22.6 Å². The average Bonchev–Trinajstić information content (AvgIpc) is 3.14. The van der Waals surface area contributed by atoms with Gasteiger partial charge in [0.2, 0.25) is 0 Å². The van der Waals surface area contributed by atoms with Gasteiger partial charge in [0, 0.05) is 18.1 Å². The smallest absolute Gasteiger partial charge is 0.388 e. The Morgan fingerprint density at radius 1 is 1.07 bits per heavy atom. The number of nitrogens with zero attached hydrogens (tertiary/aromatic N) is 2. The summed E-state index contributed by atoms with van der Waals surface area (Å²) in [4.78, 5) is 12.6. The van der Waals surface area contributed by atoms with E-state index in [1.54, 1.807) is 19.2 Å². The zero-order chi connectivity index (χ0) is 19.2. The van der Waals surface area contributed by atoms with Crippen molar-refractivity contribution < 1.29 is 13.2 Å². The topological polar surface area (TPSA) is 62.7 Å². The molecule has 2 heterocycles. The van der Waals surface area contributed by atoms with Crippen molar-refractivity contribution in [2.75, 3.05) is 12.4 Å². The first-order valence-corrected chi connectivity index (χ1v) is 8.22. The van der Waals surface area contributed by atoms with Crippen LogP contribution in [0.1, 0.15) is 0 Å². The molecule has 0 aliphatic rings. The van der Waals surface area contributed by atoms with Gasteiger partial charge in [-0.3, -0.25) is 14.5 Å². The zero-order valence-electron chi connectivity index (χ0n) is 14.3. The highest BCUT2D eigenvalue weighted by molar-refractivity contribution is 6.04. The molecule has 0 radical (unpaired) electrons. The van der Waals surface area contributed by atoms with Crippen molar-refractivity contribution in [3.8, 4) is 11.1 Å². The minimum absolute atomic E-state index is 0.137. The van der Waals surface area contributed by atoms with E-state index in [0.29, 0.717) is 10.9 Å². The summed E-state index contributed by atoms with van der Waals surface area (Å²) in [6, 6.07) is 12.6. The highest BCUT2D eigenvalue weighted by Crippen LogP contribution is 2.29. The summed E-state index contributed by atoms with van der Waals surface area (Å²) >= 11 is 0. The molecule has 0 bridgehead atoms. The SMILES string of the molecule is CNc1ccc(-c2ccc3c4[nH]ncc4c(=O)n(CC(F)(F)F)c3c2)cc1. The van der Waals surface area contributed by atoms with Gasteiger partial charge in [-0.15, -0.1) is 0 Å². The van der Waals surface area contributed by atoms with Gasteiger partial charge in [-0.1, -0.05) is 24.3 Å². The van der Waals surface area contributed by atoms with Crippen molar-refractivity contribution in [3.05, 3.63) is 59.0 Å². The first-order valence-electron chi connectivity index (χ1n) is 8.22. The predicted octanol–water partition coefficient (Wildman–Crippen LogP) is 4.15. The number of halogens is 3. The lowest BCUT2D eigenvalue weighted by Crippen LogP contribution is -2.28. The van der Waals surface area contributed by atoms with Crippen molar-refractivity contribution in [1.29, 1.82) is 0 Å². The summed E-state index contributed by atoms with van der Waals surface area (Å²) in [6.45, 7) is -1.36. The number of aromatic amines is 1. The number of anilines is 1. The number of fused-ring (bicyclic) bond motifs is 3. The van der Waals surface area contributed by atoms with Crippen LogP contribution in [-0.2, 0) is 6.54 Å². The Morgan fingerprint density at radius 2 is 1.78 bits per heavy atom. The molecule has 0 spiro atoms. The molecule has 2 aromatic heterocycles. The van der Waals surface area contributed by atoms with Crippen molar-refractivity contribution in [1.82, 2.24) is 14.8 Å². The van der Waals surface area contributed by atoms with E-state index in [1.165, 1.54) is 6.20 Å². The molecule has 0 amide bonds. The molecule has 4 aromatic rings. The van der Waals surface area contributed by atoms with E-state index in [1.807, 2.05) is 30.3 Å². The number of benzene rings is 2. The second kappa shape index (κ2) is 6.15. The van der Waals surface area contributed by atoms with Crippen molar-refractivity contribution >= 4 is 27.5 Å². The fourth-order valence-corrected chi connectivity index (χ4v) is 3.22. The van der Waals surface area contributed by atoms with Crippen LogP contribution in [0, 0.1) is 0 Å². The largest absolute Gasteiger partial charge is 0.406 e. The summed E-state index contributed by atoms with van der Waals surface area (Å²) < 4.78 is 40.0. The minimum atomic E-state index is -4.52. The Hall–Kier alpha value is -3.29. The van der Waals surface area contributed by atoms with E-state index in [9.17, 15) is 18.0 Å². The van der Waals surface area contributed by atoms with Gasteiger partial charge in [0.25, 0.3) is 5.56 Å². The van der Waals surface area contributed by atoms with E-state index in [0.717, 1.165) is 21.4 Å². The van der Waals surface area contributed by atoms with Gasteiger partial charge in [-0.25, -0.2) is 0 Å². The van der Waals surface area contributed by atoms with Crippen LogP contribution in [0.25, 0.3) is 32.9 Å². The normalized spacial score (nSPS) is 12.0. The molecule has 138 valence electrons. The molecule has 5 nitrogen and oxygen atoms in total. The van der Waals surface area contributed by atoms with Crippen LogP contribution in [0.4, 0.5) is 18.9 Å². The molecule has 0 saturated heterocycles. The third-order valence-electron chi connectivity index (χ3n) is 4.52. The van der Waals surface area contributed by atoms with Crippen molar-refractivity contribution in [2.24, 2.45) is 0 Å². The maximum Gasteiger partial charge on any atom is 0.406 e. The Bertz CT molecular complexity index is 1190. The summed E-state index contributed by atoms with van der Waals surface area (Å²) in [5.41, 5.74) is 2.42. The van der Waals surface area contributed by atoms with Crippen LogP contribution < -0.4 is 10.9 Å². The fraction of sp³-hybridized carbons (Fsp3) is 0.158. The quantitative estimate of drug-likeness (QED) is 0.568. The number of alkyl halides is 3. The van der Waals surface area contributed by atoms with Gasteiger partial charge in [0.15, 0.2) is 0 Å². The van der Waals surface area contributed by atoms with Gasteiger partial charge >= 0.3 is 6.18 Å². The van der Waals surface area contributed by atoms with Crippen LogP contribution >= 0.6 is 0 Å². The van der Waals surface area contributed by atoms with Crippen LogP contribution in [0.3, 0.4) is 0 Å². The molecule has 27 heavy (non-hydrogen) atoms. The summed E-state index contributed by atoms with van der Waals surface area (Å²) in [5.74, 6) is 0. The van der Waals surface area contributed by atoms with E-state index in [4.69, 9.17) is 0 Å². The van der Waals surface area contributed by atoms with Crippen LogP contribution in [0.5, 0.6) is 0 Å². The number of rotatable bonds is 3. The standard InChI is InChI=1S/C19H15F3N4O/c1-23-13-5-2-11(3-6-13)12-4-7-14-16(8-12)26(10-19(20,21)22)18(27)15-9-24-25-17(14)15/h2-9,23H,10H2,1H3,(H,24,25). The second-order valence-electron chi connectivity index (χ2n) is 6.22. The van der Waals surface area contributed by atoms with Gasteiger partial charge in [0.1, 0.15) is 6.54 Å². The molecule has 2 aromatic carbocycles. The molecule has 0 saturated carbocycles. The number of H-pyrrole nitrogens is 1. The Morgan fingerprint density at radius 3 is 2.44 bits per heavy atom. The lowest BCUT2D eigenvalue weighted by Gasteiger charge is -2.14. The summed E-state index contributed by atoms with van der Waals surface area (Å²) in [6.07, 6.45) is -3.26. The molecule has 0 atom stereocenters. The molecule has 0 aliphatic carbocycles. The average molecular weight is 372 g/mol. The lowest BCUT2D eigenvalue weighted by molar-refractivity contribution is -0.140. The van der Waals surface area contributed by atoms with Gasteiger partial charge < -0.3 is 5.32 Å². The van der Waals surface area contributed by atoms with E-state index in [-0.39, 0.29) is 10.9 Å². The summed E-state index contributed by atoms with van der Waals surface area (Å²) in [7, 11) is 1.80. The first kappa shape index (κ1) is 17.1. The molecular weight excluding hydrogens is 357 g/mol. The fourth-order valence-electron chi connectivity index (χ4n) is 3.22. The number of aromatic nitrogens is 3. The van der Waals surface area contributed by atoms with Crippen LogP contribution in [0.15, 0.2) is 53.5 Å². The monoisotopic (exact) mass is 372 g/mol. The highest BCUT2D eigenvalue weighted by atomic mass is 19.4. The first-order chi connectivity index (χ1) is 12.9. The molecule has 4 rings (SSSR count). The number of nitrogens with one attached hydrogen (secondary N) is 2. The Kier molecular flexibility index (Phi) is 3.91. The third kappa shape index (κ3) is 3.03. The molecule has 2 N–H and O–H groups in total. The minimum Gasteiger partial charge on any atom is -0.388 e. The highest BCUT2D eigenvalue weighted by Gasteiger charge is 2.30. The summed E-state index contributed by atoms with van der Waals surface area (Å²) in [5, 5.41) is 10.2. The van der Waals surface area contributed by atoms with Crippen LogP contribution in [0.2, 0.25) is 0 Å². The predicted molar refractivity (Wildman–Crippen MR) is 98.9 cm³/mol. The maximum atomic E-state index is 13.1. The van der Waals surface area contributed by atoms with Crippen LogP contribution in [-0.4, -0.2) is 28.0 Å². The van der Waals surface area contributed by atoms with Gasteiger partial charge in [-0.05, 0) is 29.3 Å². The van der Waals surface area contributed by atoms with Gasteiger partial charge in [-0.2, -0.15) is 18.3 Å². The molecule has 0 unspecified atom stereocenters. The van der Waals surface area contributed by atoms with E-state index in [2.05, 4.69) is 15.5 Å². The van der Waals surface area contributed by atoms with Crippen molar-refractivity contribution in [3.63, 3.8) is 0 Å². The Balaban J connectivity index is 1.99. The van der Waals surface area contributed by atoms with E-state index >= 15 is 0 Å². The lowest BCUT2D eigenvalue weighted by atomic mass is 10.0. The second-order valence-corrected chi connectivity index (χ2v) is 6.22. The molecule has 0 aliphatic heterocycles. The maximum absolute atomic E-state index is 13.1. The number of hydrogen-bond donors (Lipinski definition) is 2. The molecule has 8 heteroatoms. The third-order valence-corrected chi connectivity index (χ3v) is 4.52. The number of hydrogen-bond acceptors (Lipinski definition) is 3. The zero-order valence-corrected chi connectivity index (χ0v) is 14.3. The van der Waals surface area contributed by atoms with Crippen molar-refractivity contribution in [2.45, 2.75) is 12.7 Å².